The number of amides is 1. The van der Waals surface area contributed by atoms with E-state index in [0.29, 0.717) is 19.5 Å². The van der Waals surface area contributed by atoms with E-state index < -0.39 is 11.1 Å². The summed E-state index contributed by atoms with van der Waals surface area (Å²) in [6.45, 7) is 8.43. The van der Waals surface area contributed by atoms with E-state index in [1.807, 2.05) is 58.0 Å². The van der Waals surface area contributed by atoms with Gasteiger partial charge in [-0.3, -0.25) is 4.90 Å². The Kier molecular flexibility index (Phi) is 5.09. The molecule has 23 heavy (non-hydrogen) atoms. The SMILES string of the molecule is CC(C)(C)OC(=O)N1CC(C=O)NCC1(C)Cc1ccccc1. The van der Waals surface area contributed by atoms with Gasteiger partial charge in [0, 0.05) is 13.1 Å². The molecule has 1 aromatic rings. The van der Waals surface area contributed by atoms with Gasteiger partial charge in [-0.2, -0.15) is 0 Å². The second kappa shape index (κ2) is 6.71. The summed E-state index contributed by atoms with van der Waals surface area (Å²) in [6, 6.07) is 9.68. The van der Waals surface area contributed by atoms with Gasteiger partial charge in [-0.15, -0.1) is 0 Å². The summed E-state index contributed by atoms with van der Waals surface area (Å²) >= 11 is 0. The minimum atomic E-state index is -0.563. The van der Waals surface area contributed by atoms with Gasteiger partial charge in [0.15, 0.2) is 0 Å². The standard InChI is InChI=1S/C18H26N2O3/c1-17(2,3)23-16(22)20-11-15(12-21)19-13-18(20,4)10-14-8-6-5-7-9-14/h5-9,12,15,19H,10-11,13H2,1-4H3. The van der Waals surface area contributed by atoms with Crippen LogP contribution in [0.1, 0.15) is 33.3 Å². The van der Waals surface area contributed by atoms with Crippen LogP contribution in [-0.2, 0) is 16.0 Å². The molecule has 2 atom stereocenters. The zero-order valence-electron chi connectivity index (χ0n) is 14.3. The van der Waals surface area contributed by atoms with Crippen molar-refractivity contribution < 1.29 is 14.3 Å². The van der Waals surface area contributed by atoms with E-state index in [-0.39, 0.29) is 12.1 Å². The van der Waals surface area contributed by atoms with Crippen LogP contribution in [0, 0.1) is 0 Å². The molecular weight excluding hydrogens is 292 g/mol. The van der Waals surface area contributed by atoms with Crippen molar-refractivity contribution in [2.75, 3.05) is 13.1 Å². The first-order valence-corrected chi connectivity index (χ1v) is 7.97. The first-order chi connectivity index (χ1) is 10.7. The molecular formula is C18H26N2O3. The van der Waals surface area contributed by atoms with E-state index >= 15 is 0 Å². The predicted molar refractivity (Wildman–Crippen MR) is 89.3 cm³/mol. The van der Waals surface area contributed by atoms with E-state index in [1.165, 1.54) is 0 Å². The van der Waals surface area contributed by atoms with Gasteiger partial charge >= 0.3 is 6.09 Å². The molecule has 5 heteroatoms. The van der Waals surface area contributed by atoms with E-state index in [4.69, 9.17) is 4.74 Å². The predicted octanol–water partition coefficient (Wildman–Crippen LogP) is 2.40. The molecule has 1 N–H and O–H groups in total. The molecule has 1 aliphatic heterocycles. The van der Waals surface area contributed by atoms with Crippen LogP contribution in [0.5, 0.6) is 0 Å². The molecule has 2 rings (SSSR count). The number of nitrogens with one attached hydrogen (secondary N) is 1. The summed E-state index contributed by atoms with van der Waals surface area (Å²) in [5.74, 6) is 0. The maximum absolute atomic E-state index is 12.6. The van der Waals surface area contributed by atoms with Crippen LogP contribution in [0.2, 0.25) is 0 Å². The monoisotopic (exact) mass is 318 g/mol. The molecule has 0 aliphatic carbocycles. The van der Waals surface area contributed by atoms with Crippen LogP contribution in [0.3, 0.4) is 0 Å². The van der Waals surface area contributed by atoms with Crippen molar-refractivity contribution in [1.82, 2.24) is 10.2 Å². The van der Waals surface area contributed by atoms with Crippen molar-refractivity contribution in [1.29, 1.82) is 0 Å². The third kappa shape index (κ3) is 4.55. The zero-order chi connectivity index (χ0) is 17.1. The van der Waals surface area contributed by atoms with Crippen LogP contribution in [-0.4, -0.2) is 47.6 Å². The number of nitrogens with zero attached hydrogens (tertiary/aromatic N) is 1. The highest BCUT2D eigenvalue weighted by Gasteiger charge is 2.42. The molecule has 0 aromatic heterocycles. The van der Waals surface area contributed by atoms with Crippen LogP contribution in [0.25, 0.3) is 0 Å². The average molecular weight is 318 g/mol. The average Bonchev–Trinajstić information content (AvgIpc) is 2.46. The van der Waals surface area contributed by atoms with Gasteiger partial charge in [0.25, 0.3) is 0 Å². The highest BCUT2D eigenvalue weighted by molar-refractivity contribution is 5.71. The Balaban J connectivity index is 2.23. The normalized spacial score (nSPS) is 25.0. The lowest BCUT2D eigenvalue weighted by Crippen LogP contribution is -2.66. The second-order valence-corrected chi connectivity index (χ2v) is 7.37. The number of hydrogen-bond donors (Lipinski definition) is 1. The van der Waals surface area contributed by atoms with Crippen molar-refractivity contribution in [3.8, 4) is 0 Å². The Morgan fingerprint density at radius 2 is 2.04 bits per heavy atom. The Morgan fingerprint density at radius 3 is 2.61 bits per heavy atom. The molecule has 1 fully saturated rings. The van der Waals surface area contributed by atoms with Crippen LogP contribution in [0.15, 0.2) is 30.3 Å². The first-order valence-electron chi connectivity index (χ1n) is 7.97. The molecule has 1 aromatic carbocycles. The molecule has 0 spiro atoms. The summed E-state index contributed by atoms with van der Waals surface area (Å²) in [5, 5.41) is 3.21. The van der Waals surface area contributed by atoms with Crippen molar-refractivity contribution in [3.63, 3.8) is 0 Å². The van der Waals surface area contributed by atoms with Crippen molar-refractivity contribution in [3.05, 3.63) is 35.9 Å². The second-order valence-electron chi connectivity index (χ2n) is 7.37. The van der Waals surface area contributed by atoms with Crippen molar-refractivity contribution >= 4 is 12.4 Å². The van der Waals surface area contributed by atoms with Crippen LogP contribution in [0.4, 0.5) is 4.79 Å². The summed E-state index contributed by atoms with van der Waals surface area (Å²) in [7, 11) is 0. The third-order valence-corrected chi connectivity index (χ3v) is 3.98. The molecule has 1 saturated heterocycles. The highest BCUT2D eigenvalue weighted by atomic mass is 16.6. The summed E-state index contributed by atoms with van der Waals surface area (Å²) < 4.78 is 5.55. The van der Waals surface area contributed by atoms with Crippen LogP contribution < -0.4 is 5.32 Å². The Labute approximate surface area is 138 Å². The summed E-state index contributed by atoms with van der Waals surface area (Å²) in [6.07, 6.45) is 1.18. The lowest BCUT2D eigenvalue weighted by molar-refractivity contribution is -0.111. The molecule has 1 amide bonds. The maximum Gasteiger partial charge on any atom is 0.410 e. The lowest BCUT2D eigenvalue weighted by Gasteiger charge is -2.47. The number of carbonyl (C=O) groups is 2. The number of carbonyl (C=O) groups excluding carboxylic acids is 2. The molecule has 0 saturated carbocycles. The number of benzene rings is 1. The topological polar surface area (TPSA) is 58.6 Å². The zero-order valence-corrected chi connectivity index (χ0v) is 14.3. The fourth-order valence-electron chi connectivity index (χ4n) is 2.82. The highest BCUT2D eigenvalue weighted by Crippen LogP contribution is 2.26. The minimum absolute atomic E-state index is 0.321. The van der Waals surface area contributed by atoms with Crippen LogP contribution >= 0.6 is 0 Å². The molecule has 2 unspecified atom stereocenters. The van der Waals surface area contributed by atoms with Gasteiger partial charge in [-0.25, -0.2) is 4.79 Å². The fraction of sp³-hybridized carbons (Fsp3) is 0.556. The van der Waals surface area contributed by atoms with Gasteiger partial charge < -0.3 is 14.8 Å². The molecule has 126 valence electrons. The summed E-state index contributed by atoms with van der Waals surface area (Å²) in [5.41, 5.74) is 0.144. The molecule has 1 heterocycles. The number of ether oxygens (including phenoxy) is 1. The van der Waals surface area contributed by atoms with Gasteiger partial charge in [0.2, 0.25) is 0 Å². The Bertz CT molecular complexity index is 553. The number of aldehydes is 1. The molecule has 0 bridgehead atoms. The summed E-state index contributed by atoms with van der Waals surface area (Å²) in [4.78, 5) is 25.5. The van der Waals surface area contributed by atoms with Crippen molar-refractivity contribution in [2.24, 2.45) is 0 Å². The van der Waals surface area contributed by atoms with Gasteiger partial charge in [0.1, 0.15) is 11.9 Å². The van der Waals surface area contributed by atoms with E-state index in [9.17, 15) is 9.59 Å². The molecule has 0 radical (unpaired) electrons. The first kappa shape index (κ1) is 17.5. The van der Waals surface area contributed by atoms with Crippen molar-refractivity contribution in [2.45, 2.75) is 51.3 Å². The number of rotatable bonds is 3. The third-order valence-electron chi connectivity index (χ3n) is 3.98. The van der Waals surface area contributed by atoms with E-state index in [0.717, 1.165) is 11.8 Å². The van der Waals surface area contributed by atoms with E-state index in [2.05, 4.69) is 5.32 Å². The maximum atomic E-state index is 12.6. The largest absolute Gasteiger partial charge is 0.444 e. The van der Waals surface area contributed by atoms with Gasteiger partial charge in [0.05, 0.1) is 11.6 Å². The van der Waals surface area contributed by atoms with Gasteiger partial charge in [-0.05, 0) is 39.7 Å². The number of hydrogen-bond acceptors (Lipinski definition) is 4. The lowest BCUT2D eigenvalue weighted by atomic mass is 9.88. The molecule has 5 nitrogen and oxygen atoms in total. The Morgan fingerprint density at radius 1 is 1.39 bits per heavy atom. The minimum Gasteiger partial charge on any atom is -0.444 e. The van der Waals surface area contributed by atoms with E-state index in [1.54, 1.807) is 4.90 Å². The van der Waals surface area contributed by atoms with Gasteiger partial charge in [-0.1, -0.05) is 30.3 Å². The number of piperazine rings is 1. The Hall–Kier alpha value is -1.88. The smallest absolute Gasteiger partial charge is 0.410 e. The fourth-order valence-corrected chi connectivity index (χ4v) is 2.82. The quantitative estimate of drug-likeness (QED) is 0.870. The molecule has 1 aliphatic rings.